The summed E-state index contributed by atoms with van der Waals surface area (Å²) in [6.45, 7) is 3.80. The monoisotopic (exact) mass is 266 g/mol. The molecule has 0 aromatic carbocycles. The van der Waals surface area contributed by atoms with Gasteiger partial charge in [0.05, 0.1) is 16.9 Å². The lowest BCUT2D eigenvalue weighted by Crippen LogP contribution is -2.28. The summed E-state index contributed by atoms with van der Waals surface area (Å²) in [7, 11) is 0. The summed E-state index contributed by atoms with van der Waals surface area (Å²) >= 11 is 1.52. The molecule has 0 amide bonds. The molecule has 0 aliphatic carbocycles. The number of pyridine rings is 1. The van der Waals surface area contributed by atoms with E-state index < -0.39 is 11.4 Å². The molecule has 5 heteroatoms. The third-order valence-corrected chi connectivity index (χ3v) is 3.87. The fraction of sp³-hybridized carbons (Fsp3) is 0.385. The van der Waals surface area contributed by atoms with E-state index in [1.165, 1.54) is 23.5 Å². The van der Waals surface area contributed by atoms with Gasteiger partial charge in [0.2, 0.25) is 0 Å². The quantitative estimate of drug-likeness (QED) is 0.925. The van der Waals surface area contributed by atoms with Crippen LogP contribution in [0.15, 0.2) is 23.7 Å². The first-order valence-corrected chi connectivity index (χ1v) is 6.67. The lowest BCUT2D eigenvalue weighted by atomic mass is 9.92. The zero-order chi connectivity index (χ0) is 13.2. The molecule has 1 unspecified atom stereocenters. The number of halogens is 1. The molecule has 0 fully saturated rings. The molecule has 0 saturated heterocycles. The van der Waals surface area contributed by atoms with Crippen LogP contribution < -0.4 is 0 Å². The average molecular weight is 266 g/mol. The van der Waals surface area contributed by atoms with Gasteiger partial charge in [-0.2, -0.15) is 0 Å². The van der Waals surface area contributed by atoms with E-state index in [-0.39, 0.29) is 0 Å². The first-order chi connectivity index (χ1) is 8.53. The first-order valence-electron chi connectivity index (χ1n) is 5.79. The molecule has 0 bridgehead atoms. The Morgan fingerprint density at radius 2 is 2.22 bits per heavy atom. The maximum Gasteiger partial charge on any atom is 0.141 e. The summed E-state index contributed by atoms with van der Waals surface area (Å²) in [6.07, 6.45) is 2.04. The second-order valence-corrected chi connectivity index (χ2v) is 5.25. The summed E-state index contributed by atoms with van der Waals surface area (Å²) in [5.74, 6) is -0.401. The first kappa shape index (κ1) is 13.1. The van der Waals surface area contributed by atoms with Crippen LogP contribution in [0.5, 0.6) is 0 Å². The van der Waals surface area contributed by atoms with Crippen LogP contribution in [0.25, 0.3) is 0 Å². The van der Waals surface area contributed by atoms with Crippen LogP contribution in [0.1, 0.15) is 29.7 Å². The Morgan fingerprint density at radius 1 is 1.44 bits per heavy atom. The topological polar surface area (TPSA) is 46.0 Å². The van der Waals surface area contributed by atoms with Gasteiger partial charge in [0.15, 0.2) is 0 Å². The summed E-state index contributed by atoms with van der Waals surface area (Å²) in [5.41, 5.74) is 0.345. The molecule has 96 valence electrons. The average Bonchev–Trinajstić information content (AvgIpc) is 2.75. The van der Waals surface area contributed by atoms with Gasteiger partial charge in [0, 0.05) is 17.5 Å². The fourth-order valence-electron chi connectivity index (χ4n) is 1.78. The highest BCUT2D eigenvalue weighted by Crippen LogP contribution is 2.28. The highest BCUT2D eigenvalue weighted by molar-refractivity contribution is 7.09. The molecular weight excluding hydrogens is 251 g/mol. The highest BCUT2D eigenvalue weighted by Gasteiger charge is 2.30. The van der Waals surface area contributed by atoms with Crippen molar-refractivity contribution in [2.75, 3.05) is 0 Å². The van der Waals surface area contributed by atoms with E-state index in [0.29, 0.717) is 18.5 Å². The molecule has 0 aliphatic rings. The Balaban J connectivity index is 2.27. The fourth-order valence-corrected chi connectivity index (χ4v) is 2.66. The van der Waals surface area contributed by atoms with Gasteiger partial charge in [0.25, 0.3) is 0 Å². The van der Waals surface area contributed by atoms with Gasteiger partial charge >= 0.3 is 0 Å². The van der Waals surface area contributed by atoms with Crippen molar-refractivity contribution in [3.05, 3.63) is 45.9 Å². The number of rotatable bonds is 4. The molecule has 18 heavy (non-hydrogen) atoms. The molecule has 1 atom stereocenters. The molecule has 1 N–H and O–H groups in total. The number of aryl methyl sites for hydroxylation is 1. The Hall–Kier alpha value is -1.33. The number of aromatic nitrogens is 2. The van der Waals surface area contributed by atoms with E-state index in [0.717, 1.165) is 16.9 Å². The van der Waals surface area contributed by atoms with Gasteiger partial charge in [-0.1, -0.05) is 6.92 Å². The van der Waals surface area contributed by atoms with E-state index >= 15 is 0 Å². The van der Waals surface area contributed by atoms with Crippen LogP contribution >= 0.6 is 11.3 Å². The van der Waals surface area contributed by atoms with E-state index in [1.807, 2.05) is 19.2 Å². The van der Waals surface area contributed by atoms with Gasteiger partial charge in [-0.15, -0.1) is 11.3 Å². The Morgan fingerprint density at radius 3 is 2.72 bits per heavy atom. The number of nitrogens with zero attached hydrogens (tertiary/aromatic N) is 2. The minimum Gasteiger partial charge on any atom is -0.383 e. The summed E-state index contributed by atoms with van der Waals surface area (Å²) in [6, 6.07) is 2.84. The Kier molecular flexibility index (Phi) is 3.73. The zero-order valence-electron chi connectivity index (χ0n) is 10.4. The number of aliphatic hydroxyl groups is 1. The van der Waals surface area contributed by atoms with Crippen molar-refractivity contribution in [3.63, 3.8) is 0 Å². The minimum atomic E-state index is -1.09. The van der Waals surface area contributed by atoms with Crippen LogP contribution in [0.3, 0.4) is 0 Å². The van der Waals surface area contributed by atoms with Crippen LogP contribution in [0.4, 0.5) is 4.39 Å². The maximum absolute atomic E-state index is 12.9. The van der Waals surface area contributed by atoms with E-state index in [4.69, 9.17) is 0 Å². The largest absolute Gasteiger partial charge is 0.383 e. The van der Waals surface area contributed by atoms with Crippen molar-refractivity contribution in [1.82, 2.24) is 9.97 Å². The van der Waals surface area contributed by atoms with Gasteiger partial charge in [-0.05, 0) is 25.5 Å². The summed E-state index contributed by atoms with van der Waals surface area (Å²) in [4.78, 5) is 8.32. The van der Waals surface area contributed by atoms with E-state index in [9.17, 15) is 9.50 Å². The van der Waals surface area contributed by atoms with Gasteiger partial charge in [0.1, 0.15) is 11.4 Å². The highest BCUT2D eigenvalue weighted by atomic mass is 32.1. The molecular formula is C13H15FN2OS. The predicted octanol–water partition coefficient (Wildman–Crippen LogP) is 2.83. The van der Waals surface area contributed by atoms with Crippen molar-refractivity contribution in [2.24, 2.45) is 0 Å². The molecule has 2 rings (SSSR count). The number of thiazole rings is 1. The van der Waals surface area contributed by atoms with Crippen molar-refractivity contribution in [3.8, 4) is 0 Å². The third kappa shape index (κ3) is 2.73. The zero-order valence-corrected chi connectivity index (χ0v) is 11.2. The predicted molar refractivity (Wildman–Crippen MR) is 68.9 cm³/mol. The van der Waals surface area contributed by atoms with Gasteiger partial charge in [-0.3, -0.25) is 4.98 Å². The second kappa shape index (κ2) is 5.12. The lowest BCUT2D eigenvalue weighted by Gasteiger charge is -2.25. The van der Waals surface area contributed by atoms with Crippen molar-refractivity contribution in [1.29, 1.82) is 0 Å². The van der Waals surface area contributed by atoms with Gasteiger partial charge in [-0.25, -0.2) is 9.37 Å². The van der Waals surface area contributed by atoms with Crippen LogP contribution in [-0.2, 0) is 12.0 Å². The van der Waals surface area contributed by atoms with Crippen molar-refractivity contribution < 1.29 is 9.50 Å². The normalized spacial score (nSPS) is 14.4. The second-order valence-electron chi connectivity index (χ2n) is 4.31. The number of hydrogen-bond acceptors (Lipinski definition) is 4. The number of hydrogen-bond donors (Lipinski definition) is 1. The molecule has 0 aliphatic heterocycles. The standard InChI is InChI=1S/C13H15FN2OS/c1-3-13(17,6-12-16-9(2)8-18-12)11-5-4-10(14)7-15-11/h4-5,7-8,17H,3,6H2,1-2H3. The van der Waals surface area contributed by atoms with Crippen molar-refractivity contribution in [2.45, 2.75) is 32.3 Å². The molecule has 0 saturated carbocycles. The molecule has 2 aromatic rings. The Bertz CT molecular complexity index is 526. The molecule has 3 nitrogen and oxygen atoms in total. The van der Waals surface area contributed by atoms with E-state index in [2.05, 4.69) is 9.97 Å². The van der Waals surface area contributed by atoms with Crippen LogP contribution in [0.2, 0.25) is 0 Å². The van der Waals surface area contributed by atoms with Crippen molar-refractivity contribution >= 4 is 11.3 Å². The molecule has 0 radical (unpaired) electrons. The van der Waals surface area contributed by atoms with E-state index in [1.54, 1.807) is 0 Å². The maximum atomic E-state index is 12.9. The molecule has 2 heterocycles. The SMILES string of the molecule is CCC(O)(Cc1nc(C)cs1)c1ccc(F)cn1. The molecule has 0 spiro atoms. The summed E-state index contributed by atoms with van der Waals surface area (Å²) < 4.78 is 12.9. The third-order valence-electron chi connectivity index (χ3n) is 2.90. The minimum absolute atomic E-state index is 0.401. The van der Waals surface area contributed by atoms with Gasteiger partial charge < -0.3 is 5.11 Å². The van der Waals surface area contributed by atoms with Crippen LogP contribution in [0, 0.1) is 12.7 Å². The Labute approximate surface area is 109 Å². The smallest absolute Gasteiger partial charge is 0.141 e. The van der Waals surface area contributed by atoms with Crippen LogP contribution in [-0.4, -0.2) is 15.1 Å². The molecule has 2 aromatic heterocycles. The lowest BCUT2D eigenvalue weighted by molar-refractivity contribution is 0.0281. The summed E-state index contributed by atoms with van der Waals surface area (Å²) in [5, 5.41) is 13.4.